The molecule has 6 heteroatoms. The summed E-state index contributed by atoms with van der Waals surface area (Å²) in [6, 6.07) is 13.1. The van der Waals surface area contributed by atoms with Crippen LogP contribution in [0.25, 0.3) is 0 Å². The fraction of sp³-hybridized carbons (Fsp3) is 0.333. The van der Waals surface area contributed by atoms with E-state index in [4.69, 9.17) is 9.47 Å². The van der Waals surface area contributed by atoms with Crippen molar-refractivity contribution < 1.29 is 24.2 Å². The van der Waals surface area contributed by atoms with Crippen LogP contribution in [-0.4, -0.2) is 42.6 Å². The van der Waals surface area contributed by atoms with Crippen molar-refractivity contribution in [3.05, 3.63) is 59.2 Å². The molecule has 0 aliphatic heterocycles. The van der Waals surface area contributed by atoms with Gasteiger partial charge in [0.05, 0.1) is 14.2 Å². The molecule has 1 amide bonds. The van der Waals surface area contributed by atoms with Gasteiger partial charge < -0.3 is 19.5 Å². The van der Waals surface area contributed by atoms with Crippen molar-refractivity contribution >= 4 is 11.9 Å². The van der Waals surface area contributed by atoms with Crippen LogP contribution in [0.4, 0.5) is 0 Å². The first-order valence-corrected chi connectivity index (χ1v) is 8.69. The van der Waals surface area contributed by atoms with Gasteiger partial charge in [-0.15, -0.1) is 0 Å². The van der Waals surface area contributed by atoms with Crippen molar-refractivity contribution in [3.63, 3.8) is 0 Å². The van der Waals surface area contributed by atoms with Gasteiger partial charge in [-0.2, -0.15) is 0 Å². The summed E-state index contributed by atoms with van der Waals surface area (Å²) < 4.78 is 10.5. The molecule has 0 aliphatic carbocycles. The lowest BCUT2D eigenvalue weighted by Gasteiger charge is -2.22. The number of carbonyl (C=O) groups excluding carboxylic acids is 1. The molecule has 2 rings (SSSR count). The summed E-state index contributed by atoms with van der Waals surface area (Å²) in [5, 5.41) is 9.20. The Labute approximate surface area is 159 Å². The molecule has 0 saturated carbocycles. The third-order valence-corrected chi connectivity index (χ3v) is 4.33. The highest BCUT2D eigenvalue weighted by molar-refractivity contribution is 5.81. The SMILES string of the molecule is COc1cc(CN(CC(=O)O)C(=O)CCc2ccccc2C)cc(OC)c1. The Morgan fingerprint density at radius 3 is 2.22 bits per heavy atom. The van der Waals surface area contributed by atoms with Crippen LogP contribution < -0.4 is 9.47 Å². The molecule has 0 radical (unpaired) electrons. The maximum atomic E-state index is 12.7. The molecule has 2 aromatic carbocycles. The number of benzene rings is 2. The molecule has 1 N–H and O–H groups in total. The molecule has 0 atom stereocenters. The highest BCUT2D eigenvalue weighted by atomic mass is 16.5. The Morgan fingerprint density at radius 2 is 1.67 bits per heavy atom. The molecule has 0 fully saturated rings. The number of ether oxygens (including phenoxy) is 2. The lowest BCUT2D eigenvalue weighted by Crippen LogP contribution is -2.35. The minimum atomic E-state index is -1.05. The minimum absolute atomic E-state index is 0.173. The normalized spacial score (nSPS) is 10.3. The van der Waals surface area contributed by atoms with Gasteiger partial charge >= 0.3 is 5.97 Å². The average Bonchev–Trinajstić information content (AvgIpc) is 2.65. The molecule has 0 saturated heterocycles. The van der Waals surface area contributed by atoms with E-state index in [1.165, 1.54) is 4.90 Å². The number of rotatable bonds is 9. The molecule has 0 spiro atoms. The number of methoxy groups -OCH3 is 2. The zero-order chi connectivity index (χ0) is 19.8. The average molecular weight is 371 g/mol. The van der Waals surface area contributed by atoms with E-state index in [9.17, 15) is 14.7 Å². The summed E-state index contributed by atoms with van der Waals surface area (Å²) in [6.07, 6.45) is 0.822. The maximum Gasteiger partial charge on any atom is 0.323 e. The molecule has 0 heterocycles. The van der Waals surface area contributed by atoms with Crippen LogP contribution in [0.2, 0.25) is 0 Å². The zero-order valence-corrected chi connectivity index (χ0v) is 15.9. The van der Waals surface area contributed by atoms with Crippen molar-refractivity contribution in [2.45, 2.75) is 26.3 Å². The fourth-order valence-electron chi connectivity index (χ4n) is 2.86. The standard InChI is InChI=1S/C21H25NO5/c1-15-6-4-5-7-17(15)8-9-20(23)22(14-21(24)25)13-16-10-18(26-2)12-19(11-16)27-3/h4-7,10-12H,8-9,13-14H2,1-3H3,(H,24,25). The van der Waals surface area contributed by atoms with E-state index < -0.39 is 5.97 Å². The van der Waals surface area contributed by atoms with Gasteiger partial charge in [-0.25, -0.2) is 0 Å². The van der Waals surface area contributed by atoms with E-state index >= 15 is 0 Å². The smallest absolute Gasteiger partial charge is 0.323 e. The fourth-order valence-corrected chi connectivity index (χ4v) is 2.86. The van der Waals surface area contributed by atoms with Crippen LogP contribution in [0.15, 0.2) is 42.5 Å². The predicted octanol–water partition coefficient (Wildman–Crippen LogP) is 3.06. The molecule has 27 heavy (non-hydrogen) atoms. The van der Waals surface area contributed by atoms with Crippen LogP contribution in [-0.2, 0) is 22.6 Å². The van der Waals surface area contributed by atoms with Crippen LogP contribution in [0, 0.1) is 6.92 Å². The molecule has 0 unspecified atom stereocenters. The molecule has 0 bridgehead atoms. The topological polar surface area (TPSA) is 76.1 Å². The molecular formula is C21H25NO5. The Bertz CT molecular complexity index is 781. The number of amides is 1. The third-order valence-electron chi connectivity index (χ3n) is 4.33. The zero-order valence-electron chi connectivity index (χ0n) is 15.9. The summed E-state index contributed by atoms with van der Waals surface area (Å²) in [7, 11) is 3.09. The number of carbonyl (C=O) groups is 2. The van der Waals surface area contributed by atoms with Crippen molar-refractivity contribution in [2.24, 2.45) is 0 Å². The summed E-state index contributed by atoms with van der Waals surface area (Å²) in [6.45, 7) is 1.82. The molecular weight excluding hydrogens is 346 g/mol. The summed E-state index contributed by atoms with van der Waals surface area (Å²) in [5.74, 6) is -0.0736. The molecule has 6 nitrogen and oxygen atoms in total. The molecule has 2 aromatic rings. The van der Waals surface area contributed by atoms with Gasteiger partial charge in [0.1, 0.15) is 18.0 Å². The number of nitrogens with zero attached hydrogens (tertiary/aromatic N) is 1. The lowest BCUT2D eigenvalue weighted by atomic mass is 10.0. The van der Waals surface area contributed by atoms with Gasteiger partial charge in [-0.1, -0.05) is 24.3 Å². The van der Waals surface area contributed by atoms with Crippen LogP contribution in [0.1, 0.15) is 23.1 Å². The molecule has 0 aliphatic rings. The first-order chi connectivity index (χ1) is 12.9. The Kier molecular flexibility index (Phi) is 7.23. The van der Waals surface area contributed by atoms with Crippen molar-refractivity contribution in [1.82, 2.24) is 4.90 Å². The van der Waals surface area contributed by atoms with Gasteiger partial charge in [0.2, 0.25) is 5.91 Å². The first-order valence-electron chi connectivity index (χ1n) is 8.69. The quantitative estimate of drug-likeness (QED) is 0.733. The van der Waals surface area contributed by atoms with Crippen LogP contribution in [0.5, 0.6) is 11.5 Å². The van der Waals surface area contributed by atoms with Gasteiger partial charge in [0.25, 0.3) is 0 Å². The van der Waals surface area contributed by atoms with Gasteiger partial charge in [-0.3, -0.25) is 9.59 Å². The highest BCUT2D eigenvalue weighted by Gasteiger charge is 2.18. The van der Waals surface area contributed by atoms with Crippen LogP contribution in [0.3, 0.4) is 0 Å². The maximum absolute atomic E-state index is 12.7. The number of hydrogen-bond acceptors (Lipinski definition) is 4. The Morgan fingerprint density at radius 1 is 1.04 bits per heavy atom. The molecule has 144 valence electrons. The summed E-state index contributed by atoms with van der Waals surface area (Å²) >= 11 is 0. The van der Waals surface area contributed by atoms with Gasteiger partial charge in [-0.05, 0) is 42.2 Å². The second kappa shape index (κ2) is 9.62. The second-order valence-electron chi connectivity index (χ2n) is 6.29. The molecule has 0 aromatic heterocycles. The first kappa shape index (κ1) is 20.3. The number of carboxylic acid groups (broad SMARTS) is 1. The lowest BCUT2D eigenvalue weighted by molar-refractivity contribution is -0.144. The number of aliphatic carboxylic acids is 1. The summed E-state index contributed by atoms with van der Waals surface area (Å²) in [4.78, 5) is 25.3. The predicted molar refractivity (Wildman–Crippen MR) is 102 cm³/mol. The largest absolute Gasteiger partial charge is 0.497 e. The second-order valence-corrected chi connectivity index (χ2v) is 6.29. The summed E-state index contributed by atoms with van der Waals surface area (Å²) in [5.41, 5.74) is 2.95. The number of carboxylic acids is 1. The highest BCUT2D eigenvalue weighted by Crippen LogP contribution is 2.23. The third kappa shape index (κ3) is 6.02. The van der Waals surface area contributed by atoms with E-state index in [0.29, 0.717) is 17.9 Å². The van der Waals surface area contributed by atoms with E-state index in [-0.39, 0.29) is 25.4 Å². The Balaban J connectivity index is 2.13. The van der Waals surface area contributed by atoms with Crippen molar-refractivity contribution in [3.8, 4) is 11.5 Å². The van der Waals surface area contributed by atoms with E-state index in [0.717, 1.165) is 16.7 Å². The monoisotopic (exact) mass is 371 g/mol. The Hall–Kier alpha value is -3.02. The minimum Gasteiger partial charge on any atom is -0.497 e. The van der Waals surface area contributed by atoms with Crippen molar-refractivity contribution in [2.75, 3.05) is 20.8 Å². The van der Waals surface area contributed by atoms with Gasteiger partial charge in [0.15, 0.2) is 0 Å². The van der Waals surface area contributed by atoms with Gasteiger partial charge in [0, 0.05) is 19.0 Å². The van der Waals surface area contributed by atoms with E-state index in [1.54, 1.807) is 32.4 Å². The van der Waals surface area contributed by atoms with E-state index in [2.05, 4.69) is 0 Å². The number of hydrogen-bond donors (Lipinski definition) is 1. The van der Waals surface area contributed by atoms with Crippen LogP contribution >= 0.6 is 0 Å². The van der Waals surface area contributed by atoms with E-state index in [1.807, 2.05) is 31.2 Å². The van der Waals surface area contributed by atoms with Crippen molar-refractivity contribution in [1.29, 1.82) is 0 Å². The number of aryl methyl sites for hydroxylation is 2.